The van der Waals surface area contributed by atoms with Crippen LogP contribution >= 0.6 is 23.2 Å². The second kappa shape index (κ2) is 10.8. The molecular weight excluding hydrogens is 541 g/mol. The first-order valence-electron chi connectivity index (χ1n) is 13.4. The molecule has 1 aliphatic carbocycles. The molecule has 3 atom stereocenters. The Balaban J connectivity index is 1.36. The fourth-order valence-electron chi connectivity index (χ4n) is 6.35. The van der Waals surface area contributed by atoms with E-state index in [9.17, 15) is 13.6 Å². The fourth-order valence-corrected chi connectivity index (χ4v) is 6.71. The van der Waals surface area contributed by atoms with E-state index < -0.39 is 11.6 Å². The number of amides is 1. The number of aromatic nitrogens is 2. The number of piperidine rings is 1. The summed E-state index contributed by atoms with van der Waals surface area (Å²) in [5, 5.41) is 5.85. The average Bonchev–Trinajstić information content (AvgIpc) is 3.46. The minimum absolute atomic E-state index is 0.0512. The normalized spacial score (nSPS) is 24.1. The Labute approximate surface area is 238 Å². The van der Waals surface area contributed by atoms with Crippen molar-refractivity contribution in [3.63, 3.8) is 0 Å². The third kappa shape index (κ3) is 5.46. The van der Waals surface area contributed by atoms with Crippen LogP contribution in [0.5, 0.6) is 0 Å². The highest BCUT2D eigenvalue weighted by molar-refractivity contribution is 6.34. The maximum atomic E-state index is 14.9. The van der Waals surface area contributed by atoms with Crippen LogP contribution in [-0.2, 0) is 4.79 Å². The Morgan fingerprint density at radius 2 is 1.77 bits per heavy atom. The molecule has 9 heteroatoms. The Morgan fingerprint density at radius 3 is 2.44 bits per heavy atom. The molecule has 3 aromatic rings. The van der Waals surface area contributed by atoms with Crippen molar-refractivity contribution in [1.82, 2.24) is 19.6 Å². The highest BCUT2D eigenvalue weighted by Crippen LogP contribution is 2.49. The predicted molar refractivity (Wildman–Crippen MR) is 151 cm³/mol. The highest BCUT2D eigenvalue weighted by Gasteiger charge is 2.49. The van der Waals surface area contributed by atoms with Gasteiger partial charge in [-0.15, -0.1) is 0 Å². The molecule has 2 aliphatic rings. The average molecular weight is 576 g/mol. The second-order valence-electron chi connectivity index (χ2n) is 11.5. The number of aryl methyl sites for hydroxylation is 1. The van der Waals surface area contributed by atoms with Gasteiger partial charge in [0.2, 0.25) is 5.91 Å². The molecule has 0 spiro atoms. The van der Waals surface area contributed by atoms with Crippen LogP contribution < -0.4 is 0 Å². The first-order valence-corrected chi connectivity index (χ1v) is 14.2. The van der Waals surface area contributed by atoms with Gasteiger partial charge >= 0.3 is 0 Å². The van der Waals surface area contributed by atoms with E-state index in [4.69, 9.17) is 28.3 Å². The molecule has 2 aromatic carbocycles. The molecule has 1 aromatic heterocycles. The van der Waals surface area contributed by atoms with E-state index >= 15 is 0 Å². The molecule has 1 saturated heterocycles. The van der Waals surface area contributed by atoms with Gasteiger partial charge in [-0.3, -0.25) is 4.79 Å². The number of hydrogen-bond acceptors (Lipinski definition) is 3. The van der Waals surface area contributed by atoms with E-state index in [0.717, 1.165) is 36.0 Å². The zero-order valence-corrected chi connectivity index (χ0v) is 24.2. The lowest BCUT2D eigenvalue weighted by atomic mass is 9.86. The molecule has 0 N–H and O–H groups in total. The summed E-state index contributed by atoms with van der Waals surface area (Å²) in [6.07, 6.45) is 2.82. The number of rotatable bonds is 5. The molecule has 2 fully saturated rings. The van der Waals surface area contributed by atoms with Crippen LogP contribution in [0.2, 0.25) is 10.0 Å². The van der Waals surface area contributed by atoms with Gasteiger partial charge in [-0.25, -0.2) is 13.5 Å². The van der Waals surface area contributed by atoms with Crippen molar-refractivity contribution in [3.8, 4) is 5.69 Å². The third-order valence-corrected chi connectivity index (χ3v) is 9.34. The first-order chi connectivity index (χ1) is 18.5. The Morgan fingerprint density at radius 1 is 1.05 bits per heavy atom. The van der Waals surface area contributed by atoms with Crippen LogP contribution in [0.25, 0.3) is 5.69 Å². The molecule has 208 valence electrons. The fraction of sp³-hybridized carbons (Fsp3) is 0.467. The van der Waals surface area contributed by atoms with E-state index in [1.54, 1.807) is 12.1 Å². The van der Waals surface area contributed by atoms with Crippen LogP contribution in [-0.4, -0.2) is 58.2 Å². The summed E-state index contributed by atoms with van der Waals surface area (Å²) < 4.78 is 30.4. The van der Waals surface area contributed by atoms with Gasteiger partial charge in [0.1, 0.15) is 11.6 Å². The Hall–Kier alpha value is -2.48. The lowest BCUT2D eigenvalue weighted by Crippen LogP contribution is -2.43. The summed E-state index contributed by atoms with van der Waals surface area (Å²) in [5.41, 5.74) is 2.84. The van der Waals surface area contributed by atoms with E-state index in [1.165, 1.54) is 12.1 Å². The van der Waals surface area contributed by atoms with Gasteiger partial charge in [-0.05, 0) is 89.5 Å². The zero-order chi connectivity index (χ0) is 28.1. The summed E-state index contributed by atoms with van der Waals surface area (Å²) in [7, 11) is 3.99. The molecule has 1 amide bonds. The van der Waals surface area contributed by atoms with Crippen molar-refractivity contribution in [2.75, 3.05) is 27.2 Å². The number of carbonyl (C=O) groups is 1. The number of carbonyl (C=O) groups excluding carboxylic acids is 1. The number of halogens is 4. The molecule has 0 bridgehead atoms. The molecule has 0 radical (unpaired) electrons. The van der Waals surface area contributed by atoms with Gasteiger partial charge in [0.15, 0.2) is 0 Å². The van der Waals surface area contributed by atoms with Crippen molar-refractivity contribution in [2.45, 2.75) is 56.9 Å². The van der Waals surface area contributed by atoms with Crippen molar-refractivity contribution in [2.24, 2.45) is 5.92 Å². The number of likely N-dealkylation sites (tertiary alicyclic amines) is 1. The van der Waals surface area contributed by atoms with Gasteiger partial charge in [-0.1, -0.05) is 29.3 Å². The molecule has 5 rings (SSSR count). The van der Waals surface area contributed by atoms with Gasteiger partial charge in [0.05, 0.1) is 16.4 Å². The molecule has 0 unspecified atom stereocenters. The summed E-state index contributed by atoms with van der Waals surface area (Å²) in [4.78, 5) is 18.0. The minimum Gasteiger partial charge on any atom is -0.342 e. The van der Waals surface area contributed by atoms with Gasteiger partial charge < -0.3 is 9.80 Å². The highest BCUT2D eigenvalue weighted by atomic mass is 35.5. The van der Waals surface area contributed by atoms with Crippen molar-refractivity contribution in [1.29, 1.82) is 0 Å². The van der Waals surface area contributed by atoms with Crippen LogP contribution in [0.4, 0.5) is 8.78 Å². The summed E-state index contributed by atoms with van der Waals surface area (Å²) in [6.45, 7) is 5.27. The molecule has 1 aliphatic heterocycles. The SMILES string of the molecule is Cc1cc(C2CCN(C(=O)[C@@H]3C[C@@](C)(N(C)C)C[C@H]3c3ccc(F)cc3F)CC2)n(-c2cc(Cl)ccc2Cl)n1. The smallest absolute Gasteiger partial charge is 0.226 e. The number of nitrogens with zero attached hydrogens (tertiary/aromatic N) is 4. The van der Waals surface area contributed by atoms with E-state index in [0.29, 0.717) is 41.5 Å². The lowest BCUT2D eigenvalue weighted by Gasteiger charge is -2.35. The summed E-state index contributed by atoms with van der Waals surface area (Å²) >= 11 is 12.7. The Bertz CT molecular complexity index is 1390. The molecular formula is C30H34Cl2F2N4O. The zero-order valence-electron chi connectivity index (χ0n) is 22.7. The van der Waals surface area contributed by atoms with E-state index in [2.05, 4.69) is 17.9 Å². The maximum absolute atomic E-state index is 14.9. The quantitative estimate of drug-likeness (QED) is 0.330. The molecule has 1 saturated carbocycles. The topological polar surface area (TPSA) is 41.4 Å². The largest absolute Gasteiger partial charge is 0.342 e. The first kappa shape index (κ1) is 28.1. The van der Waals surface area contributed by atoms with Crippen molar-refractivity contribution < 1.29 is 13.6 Å². The van der Waals surface area contributed by atoms with Crippen molar-refractivity contribution in [3.05, 3.63) is 81.1 Å². The van der Waals surface area contributed by atoms with Crippen LogP contribution in [0.15, 0.2) is 42.5 Å². The van der Waals surface area contributed by atoms with Crippen LogP contribution in [0.1, 0.15) is 61.4 Å². The molecule has 2 heterocycles. The summed E-state index contributed by atoms with van der Waals surface area (Å²) in [6, 6.07) is 11.1. The second-order valence-corrected chi connectivity index (χ2v) is 12.3. The van der Waals surface area contributed by atoms with Crippen molar-refractivity contribution >= 4 is 29.1 Å². The van der Waals surface area contributed by atoms with E-state index in [1.807, 2.05) is 36.7 Å². The minimum atomic E-state index is -0.608. The van der Waals surface area contributed by atoms with Gasteiger partial charge in [-0.2, -0.15) is 5.10 Å². The lowest BCUT2D eigenvalue weighted by molar-refractivity contribution is -0.137. The number of hydrogen-bond donors (Lipinski definition) is 0. The van der Waals surface area contributed by atoms with Gasteiger partial charge in [0, 0.05) is 53.2 Å². The van der Waals surface area contributed by atoms with E-state index in [-0.39, 0.29) is 29.2 Å². The summed E-state index contributed by atoms with van der Waals surface area (Å²) in [5.74, 6) is -1.61. The number of benzene rings is 2. The van der Waals surface area contributed by atoms with Crippen LogP contribution in [0.3, 0.4) is 0 Å². The standard InChI is InChI=1S/C30H34Cl2F2N4O/c1-18-13-27(38(35-18)28-14-20(31)5-8-25(28)32)19-9-11-37(12-10-19)29(39)24-17-30(2,36(3)4)16-23(24)22-7-6-21(33)15-26(22)34/h5-8,13-15,19,23-24H,9-12,16-17H2,1-4H3/t23-,24+,30-/m0/s1. The molecule has 39 heavy (non-hydrogen) atoms. The molecule has 5 nitrogen and oxygen atoms in total. The predicted octanol–water partition coefficient (Wildman–Crippen LogP) is 6.99. The van der Waals surface area contributed by atoms with Crippen LogP contribution in [0, 0.1) is 24.5 Å². The Kier molecular flexibility index (Phi) is 7.79. The third-order valence-electron chi connectivity index (χ3n) is 8.78. The maximum Gasteiger partial charge on any atom is 0.226 e. The monoisotopic (exact) mass is 574 g/mol. The van der Waals surface area contributed by atoms with Gasteiger partial charge in [0.25, 0.3) is 0 Å².